The van der Waals surface area contributed by atoms with E-state index in [0.29, 0.717) is 0 Å². The van der Waals surface area contributed by atoms with Gasteiger partial charge in [-0.25, -0.2) is 13.6 Å². The van der Waals surface area contributed by atoms with Crippen LogP contribution in [0.15, 0.2) is 0 Å². The Morgan fingerprint density at radius 1 is 1.75 bits per heavy atom. The van der Waals surface area contributed by atoms with Crippen molar-refractivity contribution in [2.45, 2.75) is 6.43 Å². The highest BCUT2D eigenvalue weighted by Crippen LogP contribution is 1.91. The van der Waals surface area contributed by atoms with Gasteiger partial charge in [0.05, 0.1) is 0 Å². The van der Waals surface area contributed by atoms with Crippen LogP contribution in [0.1, 0.15) is 0 Å². The van der Waals surface area contributed by atoms with Gasteiger partial charge in [0, 0.05) is 0 Å². The van der Waals surface area contributed by atoms with Crippen LogP contribution in [0.25, 0.3) is 0 Å². The molecule has 0 atom stereocenters. The van der Waals surface area contributed by atoms with Crippen LogP contribution in [0.3, 0.4) is 0 Å². The smallest absolute Gasteiger partial charge is 0.450 e. The zero-order chi connectivity index (χ0) is 6.57. The van der Waals surface area contributed by atoms with Crippen molar-refractivity contribution in [3.63, 3.8) is 0 Å². The van der Waals surface area contributed by atoms with Crippen LogP contribution in [-0.4, -0.2) is 24.3 Å². The van der Waals surface area contributed by atoms with Crippen LogP contribution >= 0.6 is 0 Å². The van der Waals surface area contributed by atoms with E-state index in [0.717, 1.165) is 0 Å². The molecule has 0 saturated heterocycles. The highest BCUT2D eigenvalue weighted by molar-refractivity contribution is 5.56. The van der Waals surface area contributed by atoms with Gasteiger partial charge in [-0.15, -0.1) is 0 Å². The van der Waals surface area contributed by atoms with Crippen molar-refractivity contribution in [1.82, 2.24) is 0 Å². The van der Waals surface area contributed by atoms with E-state index in [4.69, 9.17) is 5.11 Å². The first kappa shape index (κ1) is 7.13. The molecule has 0 radical (unpaired) electrons. The number of carbonyl (C=O) groups is 1. The molecule has 0 saturated carbocycles. The Hall–Kier alpha value is -0.870. The van der Waals surface area contributed by atoms with Crippen molar-refractivity contribution in [2.24, 2.45) is 0 Å². The van der Waals surface area contributed by atoms with E-state index in [9.17, 15) is 13.6 Å². The van der Waals surface area contributed by atoms with Gasteiger partial charge >= 0.3 is 6.16 Å². The van der Waals surface area contributed by atoms with Crippen molar-refractivity contribution < 1.29 is 23.4 Å². The lowest BCUT2D eigenvalue weighted by Crippen LogP contribution is -2.08. The van der Waals surface area contributed by atoms with Crippen molar-refractivity contribution in [1.29, 1.82) is 0 Å². The predicted molar refractivity (Wildman–Crippen MR) is 20.0 cm³/mol. The topological polar surface area (TPSA) is 46.5 Å². The summed E-state index contributed by atoms with van der Waals surface area (Å²) in [5, 5.41) is 7.61. The Kier molecular flexibility index (Phi) is 2.83. The van der Waals surface area contributed by atoms with Crippen LogP contribution < -0.4 is 0 Å². The summed E-state index contributed by atoms with van der Waals surface area (Å²) in [5.74, 6) is 0. The van der Waals surface area contributed by atoms with E-state index in [2.05, 4.69) is 4.74 Å². The molecule has 8 heavy (non-hydrogen) atoms. The maximum absolute atomic E-state index is 11.0. The summed E-state index contributed by atoms with van der Waals surface area (Å²) in [4.78, 5) is 9.35. The molecule has 48 valence electrons. The van der Waals surface area contributed by atoms with Crippen molar-refractivity contribution in [3.8, 4) is 0 Å². The molecule has 0 unspecified atom stereocenters. The van der Waals surface area contributed by atoms with Crippen molar-refractivity contribution in [3.05, 3.63) is 0 Å². The molecule has 1 N–H and O–H groups in total. The van der Waals surface area contributed by atoms with Crippen LogP contribution in [0.2, 0.25) is 0 Å². The lowest BCUT2D eigenvalue weighted by Gasteiger charge is -1.95. The summed E-state index contributed by atoms with van der Waals surface area (Å²) in [6.45, 7) is -1.05. The molecule has 0 spiro atoms. The van der Waals surface area contributed by atoms with Gasteiger partial charge in [0.1, 0.15) is 0 Å². The normalized spacial score (nSPS) is 9.38. The Morgan fingerprint density at radius 2 is 2.25 bits per heavy atom. The summed E-state index contributed by atoms with van der Waals surface area (Å²) in [6.07, 6.45) is -4.39. The van der Waals surface area contributed by atoms with Crippen LogP contribution in [0.5, 0.6) is 0 Å². The number of alkyl halides is 2. The van der Waals surface area contributed by atoms with Gasteiger partial charge in [-0.1, -0.05) is 0 Å². The number of ether oxygens (including phenoxy) is 1. The van der Waals surface area contributed by atoms with E-state index in [1.54, 1.807) is 0 Å². The minimum absolute atomic E-state index is 1.05. The molecule has 5 heteroatoms. The maximum atomic E-state index is 11.0. The van der Waals surface area contributed by atoms with E-state index >= 15 is 0 Å². The lowest BCUT2D eigenvalue weighted by molar-refractivity contribution is 0.0248. The first-order valence-electron chi connectivity index (χ1n) is 1.77. The zero-order valence-electron chi connectivity index (χ0n) is 3.80. The molecule has 0 aliphatic carbocycles. The van der Waals surface area contributed by atoms with Gasteiger partial charge in [0.15, 0.2) is 6.61 Å². The second-order valence-electron chi connectivity index (χ2n) is 0.968. The SMILES string of the molecule is O=C(O)OCC(F)F. The molecule has 0 amide bonds. The van der Waals surface area contributed by atoms with Crippen molar-refractivity contribution in [2.75, 3.05) is 6.61 Å². The zero-order valence-corrected chi connectivity index (χ0v) is 3.80. The molecule has 3 nitrogen and oxygen atoms in total. The second kappa shape index (κ2) is 3.17. The van der Waals surface area contributed by atoms with E-state index in [1.165, 1.54) is 0 Å². The van der Waals surface area contributed by atoms with Crippen molar-refractivity contribution >= 4 is 6.16 Å². The highest BCUT2D eigenvalue weighted by atomic mass is 19.3. The molecule has 0 aliphatic rings. The average molecular weight is 126 g/mol. The quantitative estimate of drug-likeness (QED) is 0.560. The van der Waals surface area contributed by atoms with Crippen LogP contribution in [0, 0.1) is 0 Å². The minimum atomic E-state index is -2.72. The third kappa shape index (κ3) is 5.13. The standard InChI is InChI=1S/C3H4F2O3/c4-2(5)1-8-3(6)7/h2H,1H2,(H,6,7). The molecule has 0 heterocycles. The molecule has 0 aromatic carbocycles. The third-order valence-electron chi connectivity index (χ3n) is 0.333. The van der Waals surface area contributed by atoms with Crippen LogP contribution in [0.4, 0.5) is 13.6 Å². The summed E-state index contributed by atoms with van der Waals surface area (Å²) in [7, 11) is 0. The fourth-order valence-electron chi connectivity index (χ4n) is 0.134. The number of carboxylic acid groups (broad SMARTS) is 1. The summed E-state index contributed by atoms with van der Waals surface area (Å²) in [5.41, 5.74) is 0. The van der Waals surface area contributed by atoms with E-state index < -0.39 is 19.2 Å². The largest absolute Gasteiger partial charge is 0.505 e. The van der Waals surface area contributed by atoms with Gasteiger partial charge in [-0.2, -0.15) is 0 Å². The molecule has 0 rings (SSSR count). The Balaban J connectivity index is 3.05. The highest BCUT2D eigenvalue weighted by Gasteiger charge is 2.04. The Labute approximate surface area is 43.9 Å². The summed E-state index contributed by atoms with van der Waals surface area (Å²) in [6, 6.07) is 0. The van der Waals surface area contributed by atoms with Gasteiger partial charge in [-0.3, -0.25) is 0 Å². The van der Waals surface area contributed by atoms with E-state index in [-0.39, 0.29) is 0 Å². The molecule has 0 aromatic heterocycles. The fraction of sp³-hybridized carbons (Fsp3) is 0.667. The number of hydrogen-bond acceptors (Lipinski definition) is 2. The monoisotopic (exact) mass is 126 g/mol. The Morgan fingerprint density at radius 3 is 2.38 bits per heavy atom. The molecule has 0 aromatic rings. The van der Waals surface area contributed by atoms with Gasteiger partial charge in [0.2, 0.25) is 0 Å². The number of halogens is 2. The first-order valence-corrected chi connectivity index (χ1v) is 1.77. The second-order valence-corrected chi connectivity index (χ2v) is 0.968. The first-order chi connectivity index (χ1) is 3.63. The molecular formula is C3H4F2O3. The average Bonchev–Trinajstić information content (AvgIpc) is 1.61. The maximum Gasteiger partial charge on any atom is 0.505 e. The van der Waals surface area contributed by atoms with E-state index in [1.807, 2.05) is 0 Å². The minimum Gasteiger partial charge on any atom is -0.450 e. The fourth-order valence-corrected chi connectivity index (χ4v) is 0.134. The van der Waals surface area contributed by atoms with Crippen LogP contribution in [-0.2, 0) is 4.74 Å². The molecule has 0 bridgehead atoms. The summed E-state index contributed by atoms with van der Waals surface area (Å²) >= 11 is 0. The predicted octanol–water partition coefficient (Wildman–Crippen LogP) is 0.946. The molecule has 0 aliphatic heterocycles. The third-order valence-corrected chi connectivity index (χ3v) is 0.333. The van der Waals surface area contributed by atoms with Gasteiger partial charge in [0.25, 0.3) is 6.43 Å². The van der Waals surface area contributed by atoms with Gasteiger partial charge in [-0.05, 0) is 0 Å². The summed E-state index contributed by atoms with van der Waals surface area (Å²) < 4.78 is 25.5. The number of hydrogen-bond donors (Lipinski definition) is 1. The lowest BCUT2D eigenvalue weighted by atomic mass is 10.8. The number of rotatable bonds is 2. The van der Waals surface area contributed by atoms with Gasteiger partial charge < -0.3 is 9.84 Å². The molecular weight excluding hydrogens is 122 g/mol. The molecule has 0 fully saturated rings. The Bertz CT molecular complexity index is 82.6.